The van der Waals surface area contributed by atoms with Crippen molar-refractivity contribution in [3.05, 3.63) is 44.5 Å². The molecule has 0 unspecified atom stereocenters. The molecule has 0 saturated carbocycles. The Morgan fingerprint density at radius 2 is 2.10 bits per heavy atom. The molecule has 0 saturated heterocycles. The summed E-state index contributed by atoms with van der Waals surface area (Å²) in [6, 6.07) is 4.45. The SMILES string of the molecule is Nc1nc(Cl)c2[nH]c(=S)n(Cc3ccc(F)c(Cl)c3)c2n1. The molecule has 0 spiro atoms. The van der Waals surface area contributed by atoms with Crippen LogP contribution in [0.1, 0.15) is 5.56 Å². The van der Waals surface area contributed by atoms with Gasteiger partial charge in [0.15, 0.2) is 15.6 Å². The molecule has 0 aliphatic carbocycles. The van der Waals surface area contributed by atoms with Crippen LogP contribution in [0.2, 0.25) is 10.2 Å². The number of imidazole rings is 1. The Kier molecular flexibility index (Phi) is 3.56. The van der Waals surface area contributed by atoms with Gasteiger partial charge in [-0.1, -0.05) is 29.3 Å². The van der Waals surface area contributed by atoms with Gasteiger partial charge in [-0.15, -0.1) is 0 Å². The van der Waals surface area contributed by atoms with Crippen LogP contribution in [-0.2, 0) is 6.54 Å². The van der Waals surface area contributed by atoms with Gasteiger partial charge in [-0.2, -0.15) is 9.97 Å². The van der Waals surface area contributed by atoms with Gasteiger partial charge in [0.05, 0.1) is 11.6 Å². The Balaban J connectivity index is 2.14. The van der Waals surface area contributed by atoms with Gasteiger partial charge in [0.2, 0.25) is 5.95 Å². The summed E-state index contributed by atoms with van der Waals surface area (Å²) in [5.74, 6) is -0.426. The second-order valence-corrected chi connectivity index (χ2v) is 5.49. The van der Waals surface area contributed by atoms with Crippen LogP contribution >= 0.6 is 35.4 Å². The number of nitrogen functional groups attached to an aromatic ring is 1. The van der Waals surface area contributed by atoms with E-state index in [1.807, 2.05) is 0 Å². The van der Waals surface area contributed by atoms with Crippen LogP contribution in [0.5, 0.6) is 0 Å². The summed E-state index contributed by atoms with van der Waals surface area (Å²) >= 11 is 17.0. The number of nitrogens with two attached hydrogens (primary N) is 1. The molecule has 3 aromatic rings. The topological polar surface area (TPSA) is 72.5 Å². The fraction of sp³-hybridized carbons (Fsp3) is 0.0833. The van der Waals surface area contributed by atoms with E-state index in [1.54, 1.807) is 10.6 Å². The van der Waals surface area contributed by atoms with Crippen LogP contribution in [0.4, 0.5) is 10.3 Å². The van der Waals surface area contributed by atoms with Crippen molar-refractivity contribution in [2.45, 2.75) is 6.54 Å². The Morgan fingerprint density at radius 3 is 2.81 bits per heavy atom. The number of aromatic amines is 1. The lowest BCUT2D eigenvalue weighted by Crippen LogP contribution is -2.03. The number of anilines is 1. The molecule has 5 nitrogen and oxygen atoms in total. The first kappa shape index (κ1) is 14.2. The Labute approximate surface area is 133 Å². The monoisotopic (exact) mass is 343 g/mol. The molecular formula is C12H8Cl2FN5S. The summed E-state index contributed by atoms with van der Waals surface area (Å²) in [4.78, 5) is 10.9. The summed E-state index contributed by atoms with van der Waals surface area (Å²) in [6.45, 7) is 0.353. The van der Waals surface area contributed by atoms with Gasteiger partial charge < -0.3 is 10.7 Å². The Hall–Kier alpha value is -1.70. The lowest BCUT2D eigenvalue weighted by atomic mass is 10.2. The molecule has 108 valence electrons. The fourth-order valence-electron chi connectivity index (χ4n) is 1.98. The maximum atomic E-state index is 13.2. The minimum Gasteiger partial charge on any atom is -0.368 e. The van der Waals surface area contributed by atoms with Gasteiger partial charge in [0.1, 0.15) is 11.3 Å². The molecule has 1 aromatic carbocycles. The molecule has 0 amide bonds. The third-order valence-corrected chi connectivity index (χ3v) is 3.81. The molecule has 2 aromatic heterocycles. The minimum absolute atomic E-state index is 0.0473. The number of halogens is 3. The number of fused-ring (bicyclic) bond motifs is 1. The third-order valence-electron chi connectivity index (χ3n) is 2.92. The van der Waals surface area contributed by atoms with E-state index in [2.05, 4.69) is 15.0 Å². The quantitative estimate of drug-likeness (QED) is 0.551. The first-order valence-corrected chi connectivity index (χ1v) is 6.97. The summed E-state index contributed by atoms with van der Waals surface area (Å²) in [5.41, 5.74) is 7.36. The summed E-state index contributed by atoms with van der Waals surface area (Å²) in [5, 5.41) is 0.241. The van der Waals surface area contributed by atoms with Crippen LogP contribution in [0, 0.1) is 10.6 Å². The second-order valence-electron chi connectivity index (χ2n) is 4.34. The number of benzene rings is 1. The van der Waals surface area contributed by atoms with E-state index < -0.39 is 5.82 Å². The first-order chi connectivity index (χ1) is 9.95. The minimum atomic E-state index is -0.474. The predicted octanol–water partition coefficient (Wildman–Crippen LogP) is 3.57. The van der Waals surface area contributed by atoms with Gasteiger partial charge in [-0.25, -0.2) is 4.39 Å². The number of aromatic nitrogens is 4. The number of hydrogen-bond acceptors (Lipinski definition) is 4. The van der Waals surface area contributed by atoms with Crippen LogP contribution in [-0.4, -0.2) is 19.5 Å². The highest BCUT2D eigenvalue weighted by Crippen LogP contribution is 2.22. The first-order valence-electron chi connectivity index (χ1n) is 5.81. The largest absolute Gasteiger partial charge is 0.368 e. The summed E-state index contributed by atoms with van der Waals surface area (Å²) < 4.78 is 15.3. The average Bonchev–Trinajstić information content (AvgIpc) is 2.72. The summed E-state index contributed by atoms with van der Waals surface area (Å²) in [6.07, 6.45) is 0. The third kappa shape index (κ3) is 2.59. The van der Waals surface area contributed by atoms with Crippen molar-refractivity contribution >= 4 is 52.5 Å². The van der Waals surface area contributed by atoms with Crippen molar-refractivity contribution in [3.63, 3.8) is 0 Å². The van der Waals surface area contributed by atoms with Gasteiger partial charge in [0, 0.05) is 0 Å². The number of nitrogens with one attached hydrogen (secondary N) is 1. The molecule has 9 heteroatoms. The predicted molar refractivity (Wildman–Crippen MR) is 82.6 cm³/mol. The lowest BCUT2D eigenvalue weighted by molar-refractivity contribution is 0.627. The summed E-state index contributed by atoms with van der Waals surface area (Å²) in [7, 11) is 0. The van der Waals surface area contributed by atoms with Crippen molar-refractivity contribution in [2.24, 2.45) is 0 Å². The Bertz CT molecular complexity index is 905. The highest BCUT2D eigenvalue weighted by Gasteiger charge is 2.12. The molecular weight excluding hydrogens is 336 g/mol. The van der Waals surface area contributed by atoms with Gasteiger partial charge in [0.25, 0.3) is 0 Å². The molecule has 2 heterocycles. The standard InChI is InChI=1S/C12H8Cl2FN5S/c13-6-3-5(1-2-7(6)15)4-20-10-8(17-12(20)21)9(14)18-11(16)19-10/h1-3H,4H2,(H,17,21)(H2,16,18,19). The van der Waals surface area contributed by atoms with Crippen molar-refractivity contribution in [1.82, 2.24) is 19.5 Å². The van der Waals surface area contributed by atoms with Crippen LogP contribution in [0.15, 0.2) is 18.2 Å². The zero-order chi connectivity index (χ0) is 15.1. The molecule has 0 atom stereocenters. The smallest absolute Gasteiger partial charge is 0.223 e. The van der Waals surface area contributed by atoms with E-state index in [1.165, 1.54) is 12.1 Å². The highest BCUT2D eigenvalue weighted by molar-refractivity contribution is 7.71. The molecule has 3 rings (SSSR count). The number of H-pyrrole nitrogens is 1. The Morgan fingerprint density at radius 1 is 1.33 bits per heavy atom. The van der Waals surface area contributed by atoms with Crippen molar-refractivity contribution in [3.8, 4) is 0 Å². The zero-order valence-corrected chi connectivity index (χ0v) is 12.7. The van der Waals surface area contributed by atoms with E-state index in [0.29, 0.717) is 22.5 Å². The van der Waals surface area contributed by atoms with Crippen molar-refractivity contribution < 1.29 is 4.39 Å². The maximum absolute atomic E-state index is 13.2. The molecule has 0 fully saturated rings. The van der Waals surface area contributed by atoms with E-state index in [9.17, 15) is 4.39 Å². The molecule has 0 aliphatic rings. The number of nitrogens with zero attached hydrogens (tertiary/aromatic N) is 3. The number of hydrogen-bond donors (Lipinski definition) is 2. The average molecular weight is 344 g/mol. The van der Waals surface area contributed by atoms with Crippen LogP contribution in [0.3, 0.4) is 0 Å². The normalized spacial score (nSPS) is 11.2. The molecule has 0 bridgehead atoms. The van der Waals surface area contributed by atoms with Crippen molar-refractivity contribution in [1.29, 1.82) is 0 Å². The lowest BCUT2D eigenvalue weighted by Gasteiger charge is -2.05. The van der Waals surface area contributed by atoms with E-state index in [4.69, 9.17) is 41.2 Å². The van der Waals surface area contributed by atoms with E-state index in [-0.39, 0.29) is 16.1 Å². The zero-order valence-electron chi connectivity index (χ0n) is 10.4. The van der Waals surface area contributed by atoms with Crippen LogP contribution < -0.4 is 5.73 Å². The highest BCUT2D eigenvalue weighted by atomic mass is 35.5. The van der Waals surface area contributed by atoms with Crippen molar-refractivity contribution in [2.75, 3.05) is 5.73 Å². The molecule has 0 aliphatic heterocycles. The van der Waals surface area contributed by atoms with Gasteiger partial charge in [-0.05, 0) is 29.9 Å². The molecule has 0 radical (unpaired) electrons. The van der Waals surface area contributed by atoms with Gasteiger partial charge >= 0.3 is 0 Å². The van der Waals surface area contributed by atoms with E-state index >= 15 is 0 Å². The molecule has 3 N–H and O–H groups in total. The second kappa shape index (κ2) is 5.25. The molecule has 21 heavy (non-hydrogen) atoms. The van der Waals surface area contributed by atoms with Gasteiger partial charge in [-0.3, -0.25) is 4.57 Å². The van der Waals surface area contributed by atoms with Crippen LogP contribution in [0.25, 0.3) is 11.2 Å². The number of rotatable bonds is 2. The fourth-order valence-corrected chi connectivity index (χ4v) is 2.65. The van der Waals surface area contributed by atoms with E-state index in [0.717, 1.165) is 5.56 Å². The maximum Gasteiger partial charge on any atom is 0.223 e.